The van der Waals surface area contributed by atoms with Gasteiger partial charge in [0.05, 0.1) is 26.4 Å². The zero-order valence-corrected chi connectivity index (χ0v) is 68.4. The van der Waals surface area contributed by atoms with Gasteiger partial charge in [-0.3, -0.25) is 37.3 Å². The highest BCUT2D eigenvalue weighted by atomic mass is 31.2. The lowest BCUT2D eigenvalue weighted by Crippen LogP contribution is -2.30. The molecule has 0 fully saturated rings. The lowest BCUT2D eigenvalue weighted by atomic mass is 10.0. The van der Waals surface area contributed by atoms with Crippen molar-refractivity contribution in [2.45, 2.75) is 354 Å². The normalized spacial score (nSPS) is 14.5. The Morgan fingerprint density at radius 3 is 0.811 bits per heavy atom. The first kappa shape index (κ1) is 101. The molecule has 19 heteroatoms. The molecule has 0 aromatic rings. The third-order valence-corrected chi connectivity index (χ3v) is 19.0. The van der Waals surface area contributed by atoms with E-state index in [2.05, 4.69) is 125 Å². The molecule has 608 valence electrons. The Bertz CT molecular complexity index is 2530. The summed E-state index contributed by atoms with van der Waals surface area (Å²) in [5.74, 6) is -2.37. The average Bonchev–Trinajstić information content (AvgIpc) is 0.903. The van der Waals surface area contributed by atoms with Crippen LogP contribution in [-0.4, -0.2) is 96.7 Å². The van der Waals surface area contributed by atoms with Gasteiger partial charge < -0.3 is 33.8 Å². The molecule has 0 spiro atoms. The average molecular weight is 1530 g/mol. The molecule has 0 saturated heterocycles. The number of carbonyl (C=O) groups excluding carboxylic acids is 4. The van der Waals surface area contributed by atoms with Crippen LogP contribution >= 0.6 is 15.6 Å². The van der Waals surface area contributed by atoms with Gasteiger partial charge in [0.15, 0.2) is 12.2 Å². The summed E-state index contributed by atoms with van der Waals surface area (Å²) in [4.78, 5) is 73.0. The van der Waals surface area contributed by atoms with E-state index in [4.69, 9.17) is 37.0 Å². The summed E-state index contributed by atoms with van der Waals surface area (Å²) in [6.07, 6.45) is 88.8. The van der Waals surface area contributed by atoms with E-state index in [0.717, 1.165) is 109 Å². The Balaban J connectivity index is 5.50. The quantitative estimate of drug-likeness (QED) is 0.0169. The third-order valence-electron chi connectivity index (χ3n) is 17.1. The van der Waals surface area contributed by atoms with Crippen LogP contribution in [0.4, 0.5) is 0 Å². The van der Waals surface area contributed by atoms with E-state index in [1.807, 2.05) is 36.5 Å². The van der Waals surface area contributed by atoms with Crippen LogP contribution in [0.5, 0.6) is 0 Å². The van der Waals surface area contributed by atoms with Crippen LogP contribution in [0.2, 0.25) is 0 Å². The van der Waals surface area contributed by atoms with Crippen LogP contribution < -0.4 is 0 Å². The minimum atomic E-state index is -5.02. The molecule has 0 saturated carbocycles. The van der Waals surface area contributed by atoms with Crippen LogP contribution in [0, 0.1) is 0 Å². The molecule has 0 aromatic carbocycles. The summed E-state index contributed by atoms with van der Waals surface area (Å²) in [5, 5.41) is 10.6. The molecule has 5 atom stereocenters. The number of allylic oxidation sites excluding steroid dienone is 22. The summed E-state index contributed by atoms with van der Waals surface area (Å²) in [5.41, 5.74) is 0. The van der Waals surface area contributed by atoms with Gasteiger partial charge in [0.25, 0.3) is 0 Å². The van der Waals surface area contributed by atoms with Gasteiger partial charge in [-0.15, -0.1) is 0 Å². The number of rotatable bonds is 77. The van der Waals surface area contributed by atoms with Crippen LogP contribution in [0.25, 0.3) is 0 Å². The Morgan fingerprint density at radius 2 is 0.481 bits per heavy atom. The number of unbranched alkanes of at least 4 members (excludes halogenated alkanes) is 29. The minimum Gasteiger partial charge on any atom is -0.462 e. The first-order chi connectivity index (χ1) is 51.7. The van der Waals surface area contributed by atoms with Gasteiger partial charge in [-0.1, -0.05) is 315 Å². The molecule has 0 aromatic heterocycles. The van der Waals surface area contributed by atoms with Crippen molar-refractivity contribution in [3.8, 4) is 0 Å². The number of hydrogen-bond donors (Lipinski definition) is 3. The lowest BCUT2D eigenvalue weighted by molar-refractivity contribution is -0.161. The summed E-state index contributed by atoms with van der Waals surface area (Å²) in [7, 11) is -10.0. The number of esters is 4. The summed E-state index contributed by atoms with van der Waals surface area (Å²) in [6, 6.07) is 0. The Morgan fingerprint density at radius 1 is 0.264 bits per heavy atom. The van der Waals surface area contributed by atoms with E-state index >= 15 is 0 Å². The summed E-state index contributed by atoms with van der Waals surface area (Å²) < 4.78 is 68.5. The largest absolute Gasteiger partial charge is 0.472 e. The highest BCUT2D eigenvalue weighted by Gasteiger charge is 2.30. The maximum Gasteiger partial charge on any atom is 0.472 e. The van der Waals surface area contributed by atoms with Crippen LogP contribution in [0.15, 0.2) is 134 Å². The van der Waals surface area contributed by atoms with Gasteiger partial charge in [0.2, 0.25) is 0 Å². The fraction of sp³-hybridized carbons (Fsp3) is 0.701. The number of phosphoric ester groups is 2. The molecular weight excluding hydrogens is 1380 g/mol. The molecule has 0 radical (unpaired) electrons. The molecule has 0 bridgehead atoms. The molecule has 2 unspecified atom stereocenters. The van der Waals surface area contributed by atoms with Crippen molar-refractivity contribution >= 4 is 39.5 Å². The number of phosphoric acid groups is 2. The molecular formula is C87H148O17P2. The molecule has 106 heavy (non-hydrogen) atoms. The van der Waals surface area contributed by atoms with Crippen LogP contribution in [-0.2, 0) is 65.4 Å². The number of carbonyl (C=O) groups is 4. The second-order valence-corrected chi connectivity index (χ2v) is 30.3. The van der Waals surface area contributed by atoms with Crippen molar-refractivity contribution < 1.29 is 80.2 Å². The topological polar surface area (TPSA) is 237 Å². The van der Waals surface area contributed by atoms with Crippen molar-refractivity contribution in [3.63, 3.8) is 0 Å². The number of ether oxygens (including phenoxy) is 4. The second-order valence-electron chi connectivity index (χ2n) is 27.4. The first-order valence-corrected chi connectivity index (χ1v) is 44.4. The van der Waals surface area contributed by atoms with Gasteiger partial charge in [0, 0.05) is 25.7 Å². The van der Waals surface area contributed by atoms with E-state index in [0.29, 0.717) is 38.5 Å². The Hall–Kier alpha value is -4.80. The zero-order valence-electron chi connectivity index (χ0n) is 66.6. The van der Waals surface area contributed by atoms with Crippen LogP contribution in [0.3, 0.4) is 0 Å². The van der Waals surface area contributed by atoms with Crippen LogP contribution in [0.1, 0.15) is 336 Å². The number of hydrogen-bond acceptors (Lipinski definition) is 15. The third kappa shape index (κ3) is 77.4. The standard InChI is InChI=1S/C87H148O17P2/c1-5-9-13-17-21-25-29-33-36-38-40-42-45-48-52-56-60-64-68-72-85(90)98-78-83(104-87(92)74-70-66-62-58-54-50-46-43-41-39-37-34-30-26-22-18-14-10-6-2)80-102-106(95,96)100-76-81(88)75-99-105(93,94)101-79-82(77-97-84(89)71-67-63-59-55-51-47-32-28-24-20-16-12-8-4)103-86(91)73-69-65-61-57-53-49-44-35-31-27-23-19-15-11-7-3/h21-22,25-26,33-37,40-44,48,50,52,54,60,62,64,66,81-83,88H,5-20,23-24,27-32,38-39,45-47,49,51,53,55-59,61,63,65,67-80H2,1-4H3,(H,93,94)(H,95,96)/b25-21-,26-22-,36-33-,37-34-,42-40-,43-41-,44-35-,52-48-,54-50-,64-60-,66-62-/t81-,82+,83+/m0/s1. The molecule has 17 nitrogen and oxygen atoms in total. The SMILES string of the molecule is CCCCC/C=C\C/C=C\C/C=C\C/C=C\C/C=C\CCC(=O)OC[C@H](COP(=O)(O)OC[C@@H](O)COP(=O)(O)OC[C@@H](COC(=O)CCCCCCCCCCCCCCC)OC(=O)CCCCCCC/C=C\CCCCCCCC)OC(=O)CC/C=C\C/C=C\C/C=C\C/C=C\C/C=C\CCCCC. The molecule has 0 aliphatic heterocycles. The van der Waals surface area contributed by atoms with Gasteiger partial charge >= 0.3 is 39.5 Å². The van der Waals surface area contributed by atoms with E-state index < -0.39 is 97.5 Å². The summed E-state index contributed by atoms with van der Waals surface area (Å²) in [6.45, 7) is 4.66. The van der Waals surface area contributed by atoms with Crippen molar-refractivity contribution in [3.05, 3.63) is 134 Å². The van der Waals surface area contributed by atoms with Crippen molar-refractivity contribution in [1.82, 2.24) is 0 Å². The van der Waals surface area contributed by atoms with Crippen molar-refractivity contribution in [2.75, 3.05) is 39.6 Å². The van der Waals surface area contributed by atoms with Gasteiger partial charge in [0.1, 0.15) is 19.3 Å². The highest BCUT2D eigenvalue weighted by Crippen LogP contribution is 2.45. The maximum atomic E-state index is 13.1. The molecule has 0 aliphatic rings. The number of aliphatic hydroxyl groups excluding tert-OH is 1. The predicted molar refractivity (Wildman–Crippen MR) is 436 cm³/mol. The summed E-state index contributed by atoms with van der Waals surface area (Å²) >= 11 is 0. The highest BCUT2D eigenvalue weighted by molar-refractivity contribution is 7.47. The Labute approximate surface area is 644 Å². The monoisotopic (exact) mass is 1530 g/mol. The second kappa shape index (κ2) is 78.3. The van der Waals surface area contributed by atoms with E-state index in [9.17, 15) is 43.2 Å². The van der Waals surface area contributed by atoms with E-state index in [-0.39, 0.29) is 25.7 Å². The number of aliphatic hydroxyl groups is 1. The van der Waals surface area contributed by atoms with Gasteiger partial charge in [-0.05, 0) is 128 Å². The van der Waals surface area contributed by atoms with E-state index in [1.165, 1.54) is 135 Å². The van der Waals surface area contributed by atoms with Gasteiger partial charge in [-0.25, -0.2) is 9.13 Å². The fourth-order valence-corrected chi connectivity index (χ4v) is 12.3. The zero-order chi connectivity index (χ0) is 77.4. The molecule has 0 amide bonds. The minimum absolute atomic E-state index is 0.0194. The first-order valence-electron chi connectivity index (χ1n) is 41.4. The fourth-order valence-electron chi connectivity index (χ4n) is 10.8. The Kier molecular flexibility index (Phi) is 74.8. The molecule has 0 aliphatic carbocycles. The smallest absolute Gasteiger partial charge is 0.462 e. The van der Waals surface area contributed by atoms with E-state index in [1.54, 1.807) is 0 Å². The lowest BCUT2D eigenvalue weighted by Gasteiger charge is -2.21. The maximum absolute atomic E-state index is 13.1. The molecule has 3 N–H and O–H groups in total. The van der Waals surface area contributed by atoms with Crippen molar-refractivity contribution in [1.29, 1.82) is 0 Å². The predicted octanol–water partition coefficient (Wildman–Crippen LogP) is 24.4. The molecule has 0 rings (SSSR count). The molecule has 0 heterocycles. The van der Waals surface area contributed by atoms with Crippen molar-refractivity contribution in [2.24, 2.45) is 0 Å². The van der Waals surface area contributed by atoms with Gasteiger partial charge in [-0.2, -0.15) is 0 Å².